The maximum atomic E-state index is 12.0. The van der Waals surface area contributed by atoms with Gasteiger partial charge in [-0.25, -0.2) is 0 Å². The van der Waals surface area contributed by atoms with Gasteiger partial charge in [0.15, 0.2) is 5.82 Å². The first-order valence-electron chi connectivity index (χ1n) is 6.37. The fourth-order valence-corrected chi connectivity index (χ4v) is 1.85. The number of hydrogen-bond donors (Lipinski definition) is 3. The molecule has 0 atom stereocenters. The van der Waals surface area contributed by atoms with Crippen LogP contribution in [0.1, 0.15) is 35.0 Å². The molecule has 5 nitrogen and oxygen atoms in total. The van der Waals surface area contributed by atoms with Gasteiger partial charge in [-0.2, -0.15) is 5.10 Å². The molecule has 2 aromatic rings. The second kappa shape index (κ2) is 6.15. The van der Waals surface area contributed by atoms with E-state index >= 15 is 0 Å². The number of aromatic amines is 1. The fourth-order valence-electron chi connectivity index (χ4n) is 1.85. The molecule has 0 unspecified atom stereocenters. The summed E-state index contributed by atoms with van der Waals surface area (Å²) in [5.74, 6) is 0.372. The number of benzene rings is 1. The normalized spacial score (nSPS) is 10.4. The minimum Gasteiger partial charge on any atom is -0.326 e. The zero-order chi connectivity index (χ0) is 13.7. The minimum atomic E-state index is -0.176. The van der Waals surface area contributed by atoms with E-state index in [-0.39, 0.29) is 5.91 Å². The van der Waals surface area contributed by atoms with Crippen LogP contribution in [0.4, 0.5) is 5.82 Å². The summed E-state index contributed by atoms with van der Waals surface area (Å²) in [6, 6.07) is 9.12. The third kappa shape index (κ3) is 3.42. The Bertz CT molecular complexity index is 562. The first-order valence-corrected chi connectivity index (χ1v) is 6.37. The zero-order valence-corrected chi connectivity index (χ0v) is 10.9. The lowest BCUT2D eigenvalue weighted by Crippen LogP contribution is -2.12. The molecule has 5 heteroatoms. The van der Waals surface area contributed by atoms with Crippen LogP contribution < -0.4 is 11.1 Å². The Kier molecular flexibility index (Phi) is 4.30. The lowest BCUT2D eigenvalue weighted by atomic mass is 10.1. The van der Waals surface area contributed by atoms with Crippen LogP contribution in [0.2, 0.25) is 0 Å². The predicted molar refractivity (Wildman–Crippen MR) is 74.9 cm³/mol. The number of carbonyl (C=O) groups is 1. The molecule has 0 aliphatic rings. The molecule has 0 saturated heterocycles. The highest BCUT2D eigenvalue weighted by Gasteiger charge is 2.08. The number of nitrogens with two attached hydrogens (primary N) is 1. The standard InChI is InChI=1S/C14H18N4O/c1-2-4-12-8-13(18-17-12)16-14(19)11-6-3-5-10(7-11)9-15/h3,5-8H,2,4,9,15H2,1H3,(H2,16,17,18,19). The van der Waals surface area contributed by atoms with Crippen LogP contribution in [0.3, 0.4) is 0 Å². The van der Waals surface area contributed by atoms with Gasteiger partial charge in [0.25, 0.3) is 5.91 Å². The molecule has 19 heavy (non-hydrogen) atoms. The second-order valence-corrected chi connectivity index (χ2v) is 4.39. The first kappa shape index (κ1) is 13.3. The number of aromatic nitrogens is 2. The molecule has 0 spiro atoms. The molecule has 1 heterocycles. The largest absolute Gasteiger partial charge is 0.326 e. The van der Waals surface area contributed by atoms with E-state index in [0.717, 1.165) is 24.1 Å². The van der Waals surface area contributed by atoms with Crippen molar-refractivity contribution in [1.29, 1.82) is 0 Å². The predicted octanol–water partition coefficient (Wildman–Crippen LogP) is 2.07. The first-order chi connectivity index (χ1) is 9.22. The highest BCUT2D eigenvalue weighted by molar-refractivity contribution is 6.03. The van der Waals surface area contributed by atoms with E-state index in [2.05, 4.69) is 22.4 Å². The Morgan fingerprint density at radius 2 is 2.26 bits per heavy atom. The Morgan fingerprint density at radius 3 is 3.00 bits per heavy atom. The summed E-state index contributed by atoms with van der Waals surface area (Å²) in [6.45, 7) is 2.52. The van der Waals surface area contributed by atoms with Gasteiger partial charge in [0.1, 0.15) is 0 Å². The van der Waals surface area contributed by atoms with Crippen molar-refractivity contribution < 1.29 is 4.79 Å². The molecule has 1 aromatic heterocycles. The van der Waals surface area contributed by atoms with Crippen LogP contribution in [-0.4, -0.2) is 16.1 Å². The summed E-state index contributed by atoms with van der Waals surface area (Å²) in [7, 11) is 0. The topological polar surface area (TPSA) is 83.8 Å². The number of carbonyl (C=O) groups excluding carboxylic acids is 1. The molecule has 0 fully saturated rings. The third-order valence-corrected chi connectivity index (χ3v) is 2.82. The molecule has 2 rings (SSSR count). The van der Waals surface area contributed by atoms with Crippen molar-refractivity contribution in [2.45, 2.75) is 26.3 Å². The number of nitrogens with zero attached hydrogens (tertiary/aromatic N) is 1. The number of rotatable bonds is 5. The van der Waals surface area contributed by atoms with Crippen LogP contribution in [-0.2, 0) is 13.0 Å². The summed E-state index contributed by atoms with van der Waals surface area (Å²) >= 11 is 0. The summed E-state index contributed by atoms with van der Waals surface area (Å²) in [4.78, 5) is 12.0. The van der Waals surface area contributed by atoms with Crippen LogP contribution in [0.5, 0.6) is 0 Å². The minimum absolute atomic E-state index is 0.176. The van der Waals surface area contributed by atoms with Gasteiger partial charge in [-0.1, -0.05) is 25.5 Å². The van der Waals surface area contributed by atoms with Gasteiger partial charge in [0.2, 0.25) is 0 Å². The van der Waals surface area contributed by atoms with Gasteiger partial charge >= 0.3 is 0 Å². The molecule has 0 aliphatic heterocycles. The van der Waals surface area contributed by atoms with Gasteiger partial charge in [0.05, 0.1) is 0 Å². The van der Waals surface area contributed by atoms with Crippen molar-refractivity contribution in [1.82, 2.24) is 10.2 Å². The molecule has 1 amide bonds. The van der Waals surface area contributed by atoms with Crippen LogP contribution in [0.15, 0.2) is 30.3 Å². The Morgan fingerprint density at radius 1 is 1.42 bits per heavy atom. The summed E-state index contributed by atoms with van der Waals surface area (Å²) in [5.41, 5.74) is 8.10. The molecule has 4 N–H and O–H groups in total. The fraction of sp³-hybridized carbons (Fsp3) is 0.286. The molecule has 1 aromatic carbocycles. The molecular weight excluding hydrogens is 240 g/mol. The molecular formula is C14H18N4O. The van der Waals surface area contributed by atoms with Crippen molar-refractivity contribution in [3.05, 3.63) is 47.2 Å². The Labute approximate surface area is 112 Å². The van der Waals surface area contributed by atoms with Crippen molar-refractivity contribution in [2.24, 2.45) is 5.73 Å². The van der Waals surface area contributed by atoms with E-state index in [0.29, 0.717) is 17.9 Å². The number of nitrogens with one attached hydrogen (secondary N) is 2. The van der Waals surface area contributed by atoms with Crippen molar-refractivity contribution >= 4 is 11.7 Å². The Hall–Kier alpha value is -2.14. The average Bonchev–Trinajstić information content (AvgIpc) is 2.86. The molecule has 0 radical (unpaired) electrons. The Balaban J connectivity index is 2.06. The molecule has 0 bridgehead atoms. The second-order valence-electron chi connectivity index (χ2n) is 4.39. The highest BCUT2D eigenvalue weighted by Crippen LogP contribution is 2.10. The van der Waals surface area contributed by atoms with Crippen molar-refractivity contribution in [3.8, 4) is 0 Å². The van der Waals surface area contributed by atoms with E-state index in [1.807, 2.05) is 18.2 Å². The summed E-state index contributed by atoms with van der Waals surface area (Å²) in [5, 5.41) is 9.73. The van der Waals surface area contributed by atoms with E-state index in [4.69, 9.17) is 5.73 Å². The number of hydrogen-bond acceptors (Lipinski definition) is 3. The smallest absolute Gasteiger partial charge is 0.256 e. The van der Waals surface area contributed by atoms with Crippen LogP contribution in [0, 0.1) is 0 Å². The lowest BCUT2D eigenvalue weighted by molar-refractivity contribution is 0.102. The van der Waals surface area contributed by atoms with Gasteiger partial charge in [-0.15, -0.1) is 0 Å². The van der Waals surface area contributed by atoms with Crippen molar-refractivity contribution in [3.63, 3.8) is 0 Å². The number of anilines is 1. The molecule has 100 valence electrons. The summed E-state index contributed by atoms with van der Waals surface area (Å²) < 4.78 is 0. The highest BCUT2D eigenvalue weighted by atomic mass is 16.1. The van der Waals surface area contributed by atoms with Gasteiger partial charge in [-0.05, 0) is 24.1 Å². The van der Waals surface area contributed by atoms with E-state index in [1.165, 1.54) is 0 Å². The van der Waals surface area contributed by atoms with Gasteiger partial charge < -0.3 is 11.1 Å². The maximum absolute atomic E-state index is 12.0. The van der Waals surface area contributed by atoms with Crippen LogP contribution >= 0.6 is 0 Å². The van der Waals surface area contributed by atoms with Crippen LogP contribution in [0.25, 0.3) is 0 Å². The maximum Gasteiger partial charge on any atom is 0.256 e. The van der Waals surface area contributed by atoms with E-state index < -0.39 is 0 Å². The monoisotopic (exact) mass is 258 g/mol. The van der Waals surface area contributed by atoms with E-state index in [1.54, 1.807) is 12.1 Å². The quantitative estimate of drug-likeness (QED) is 0.767. The molecule has 0 aliphatic carbocycles. The van der Waals surface area contributed by atoms with E-state index in [9.17, 15) is 4.79 Å². The number of H-pyrrole nitrogens is 1. The third-order valence-electron chi connectivity index (χ3n) is 2.82. The van der Waals surface area contributed by atoms with Gasteiger partial charge in [-0.3, -0.25) is 9.89 Å². The number of aryl methyl sites for hydroxylation is 1. The SMILES string of the molecule is CCCc1cc(NC(=O)c2cccc(CN)c2)n[nH]1. The van der Waals surface area contributed by atoms with Gasteiger partial charge in [0, 0.05) is 23.9 Å². The van der Waals surface area contributed by atoms with Crippen molar-refractivity contribution in [2.75, 3.05) is 5.32 Å². The number of amides is 1. The lowest BCUT2D eigenvalue weighted by Gasteiger charge is -2.03. The molecule has 0 saturated carbocycles. The summed E-state index contributed by atoms with van der Waals surface area (Å²) in [6.07, 6.45) is 1.96. The average molecular weight is 258 g/mol. The zero-order valence-electron chi connectivity index (χ0n) is 10.9.